The number of nitrogens with one attached hydrogen (secondary N) is 2. The van der Waals surface area contributed by atoms with Crippen molar-refractivity contribution in [3.8, 4) is 0 Å². The fraction of sp³-hybridized carbons (Fsp3) is 0.316. The number of benzene rings is 2. The van der Waals surface area contributed by atoms with Gasteiger partial charge in [-0.05, 0) is 36.4 Å². The van der Waals surface area contributed by atoms with Crippen molar-refractivity contribution in [2.24, 2.45) is 0 Å². The molecule has 5 heteroatoms. The summed E-state index contributed by atoms with van der Waals surface area (Å²) in [5.41, 5.74) is 2.15. The van der Waals surface area contributed by atoms with Crippen molar-refractivity contribution in [1.82, 2.24) is 0 Å². The van der Waals surface area contributed by atoms with Gasteiger partial charge in [0.05, 0.1) is 39.1 Å². The minimum atomic E-state index is 0.0929. The molecule has 2 aromatic carbocycles. The summed E-state index contributed by atoms with van der Waals surface area (Å²) < 4.78 is 1.02. The topological polar surface area (TPSA) is 36.8 Å². The lowest BCUT2D eigenvalue weighted by atomic mass is 10.2. The third kappa shape index (κ3) is 4.82. The number of amides is 1. The van der Waals surface area contributed by atoms with Gasteiger partial charge in [-0.3, -0.25) is 4.79 Å². The molecule has 0 atom stereocenters. The molecule has 1 aliphatic heterocycles. The Hall–Kier alpha value is -1.85. The molecule has 126 valence electrons. The summed E-state index contributed by atoms with van der Waals surface area (Å²) in [4.78, 5) is 16.0. The molecule has 0 bridgehead atoms. The number of halogens is 1. The van der Waals surface area contributed by atoms with Gasteiger partial charge in [0.15, 0.2) is 0 Å². The molecule has 0 aliphatic carbocycles. The highest BCUT2D eigenvalue weighted by molar-refractivity contribution is 9.10. The third-order valence-corrected chi connectivity index (χ3v) is 4.95. The maximum absolute atomic E-state index is 12.1. The highest BCUT2D eigenvalue weighted by Crippen LogP contribution is 2.14. The van der Waals surface area contributed by atoms with Crippen LogP contribution in [0.3, 0.4) is 0 Å². The molecular weight excluding hydrogens is 366 g/mol. The monoisotopic (exact) mass is 388 g/mol. The fourth-order valence-electron chi connectivity index (χ4n) is 3.02. The SMILES string of the molecule is O=C(CC[NH+]1CCN(c2ccccc2)CC1)Nc1ccc(Br)cc1. The lowest BCUT2D eigenvalue weighted by molar-refractivity contribution is -0.900. The van der Waals surface area contributed by atoms with E-state index in [0.29, 0.717) is 6.42 Å². The molecule has 1 amide bonds. The van der Waals surface area contributed by atoms with Gasteiger partial charge >= 0.3 is 0 Å². The second-order valence-electron chi connectivity index (χ2n) is 6.13. The van der Waals surface area contributed by atoms with Crippen LogP contribution in [0.1, 0.15) is 6.42 Å². The number of rotatable bonds is 5. The average molecular weight is 389 g/mol. The Labute approximate surface area is 151 Å². The molecule has 1 saturated heterocycles. The van der Waals surface area contributed by atoms with Crippen LogP contribution in [0.15, 0.2) is 59.1 Å². The predicted octanol–water partition coefficient (Wildman–Crippen LogP) is 2.18. The minimum Gasteiger partial charge on any atom is -0.360 e. The maximum Gasteiger partial charge on any atom is 0.230 e. The van der Waals surface area contributed by atoms with Gasteiger partial charge in [0.1, 0.15) is 0 Å². The van der Waals surface area contributed by atoms with Crippen LogP contribution in [0.2, 0.25) is 0 Å². The fourth-order valence-corrected chi connectivity index (χ4v) is 3.28. The molecule has 0 aromatic heterocycles. The van der Waals surface area contributed by atoms with Gasteiger partial charge in [0.25, 0.3) is 0 Å². The number of hydrogen-bond acceptors (Lipinski definition) is 2. The molecule has 2 aromatic rings. The highest BCUT2D eigenvalue weighted by Gasteiger charge is 2.20. The van der Waals surface area contributed by atoms with E-state index >= 15 is 0 Å². The van der Waals surface area contributed by atoms with Gasteiger partial charge in [-0.15, -0.1) is 0 Å². The molecule has 1 heterocycles. The first-order valence-electron chi connectivity index (χ1n) is 8.40. The molecule has 4 nitrogen and oxygen atoms in total. The zero-order chi connectivity index (χ0) is 16.8. The number of carbonyl (C=O) groups is 1. The highest BCUT2D eigenvalue weighted by atomic mass is 79.9. The quantitative estimate of drug-likeness (QED) is 0.823. The Balaban J connectivity index is 1.40. The Kier molecular flexibility index (Phi) is 5.88. The van der Waals surface area contributed by atoms with Crippen molar-refractivity contribution in [3.05, 3.63) is 59.1 Å². The van der Waals surface area contributed by atoms with Crippen LogP contribution in [-0.4, -0.2) is 38.6 Å². The second kappa shape index (κ2) is 8.31. The van der Waals surface area contributed by atoms with Crippen molar-refractivity contribution in [1.29, 1.82) is 0 Å². The van der Waals surface area contributed by atoms with E-state index < -0.39 is 0 Å². The van der Waals surface area contributed by atoms with Gasteiger partial charge in [0, 0.05) is 15.8 Å². The van der Waals surface area contributed by atoms with Crippen LogP contribution < -0.4 is 15.1 Å². The molecule has 2 N–H and O–H groups in total. The summed E-state index contributed by atoms with van der Waals surface area (Å²) in [6.45, 7) is 5.16. The minimum absolute atomic E-state index is 0.0929. The zero-order valence-electron chi connectivity index (χ0n) is 13.7. The molecular formula is C19H23BrN3O+. The molecule has 0 spiro atoms. The molecule has 0 unspecified atom stereocenters. The first-order valence-corrected chi connectivity index (χ1v) is 9.19. The van der Waals surface area contributed by atoms with Crippen molar-refractivity contribution in [3.63, 3.8) is 0 Å². The zero-order valence-corrected chi connectivity index (χ0v) is 15.3. The van der Waals surface area contributed by atoms with Crippen LogP contribution in [0, 0.1) is 0 Å². The van der Waals surface area contributed by atoms with Gasteiger partial charge < -0.3 is 15.1 Å². The summed E-state index contributed by atoms with van der Waals surface area (Å²) in [6, 6.07) is 18.2. The largest absolute Gasteiger partial charge is 0.360 e. The molecule has 3 rings (SSSR count). The summed E-state index contributed by atoms with van der Waals surface area (Å²) in [7, 11) is 0. The number of anilines is 2. The Morgan fingerprint density at radius 1 is 1.04 bits per heavy atom. The summed E-state index contributed by atoms with van der Waals surface area (Å²) in [5, 5.41) is 2.96. The van der Waals surface area contributed by atoms with E-state index in [1.54, 1.807) is 0 Å². The lowest BCUT2D eigenvalue weighted by Crippen LogP contribution is -3.15. The molecule has 1 aliphatic rings. The average Bonchev–Trinajstić information content (AvgIpc) is 2.63. The van der Waals surface area contributed by atoms with Crippen LogP contribution in [-0.2, 0) is 4.79 Å². The Bertz CT molecular complexity index is 652. The predicted molar refractivity (Wildman–Crippen MR) is 102 cm³/mol. The van der Waals surface area contributed by atoms with Crippen molar-refractivity contribution >= 4 is 33.2 Å². The maximum atomic E-state index is 12.1. The Morgan fingerprint density at radius 2 is 1.71 bits per heavy atom. The van der Waals surface area contributed by atoms with Gasteiger partial charge in [-0.2, -0.15) is 0 Å². The summed E-state index contributed by atoms with van der Waals surface area (Å²) in [5.74, 6) is 0.0929. The van der Waals surface area contributed by atoms with Gasteiger partial charge in [-0.1, -0.05) is 34.1 Å². The van der Waals surface area contributed by atoms with Crippen molar-refractivity contribution < 1.29 is 9.69 Å². The van der Waals surface area contributed by atoms with E-state index in [-0.39, 0.29) is 5.91 Å². The van der Waals surface area contributed by atoms with Crippen LogP contribution >= 0.6 is 15.9 Å². The van der Waals surface area contributed by atoms with Gasteiger partial charge in [-0.25, -0.2) is 0 Å². The normalized spacial score (nSPS) is 15.3. The summed E-state index contributed by atoms with van der Waals surface area (Å²) in [6.07, 6.45) is 0.566. The third-order valence-electron chi connectivity index (χ3n) is 4.43. The summed E-state index contributed by atoms with van der Waals surface area (Å²) >= 11 is 3.40. The number of nitrogens with zero attached hydrogens (tertiary/aromatic N) is 1. The molecule has 0 saturated carbocycles. The van der Waals surface area contributed by atoms with Crippen molar-refractivity contribution in [2.45, 2.75) is 6.42 Å². The van der Waals surface area contributed by atoms with E-state index in [1.165, 1.54) is 10.6 Å². The molecule has 24 heavy (non-hydrogen) atoms. The van der Waals surface area contributed by atoms with Crippen LogP contribution in [0.5, 0.6) is 0 Å². The second-order valence-corrected chi connectivity index (χ2v) is 7.04. The standard InChI is InChI=1S/C19H22BrN3O/c20-16-6-8-17(9-7-16)21-19(24)10-11-22-12-14-23(15-13-22)18-4-2-1-3-5-18/h1-9H,10-15H2,(H,21,24)/p+1. The van der Waals surface area contributed by atoms with Crippen LogP contribution in [0.25, 0.3) is 0 Å². The Morgan fingerprint density at radius 3 is 2.38 bits per heavy atom. The van der Waals surface area contributed by atoms with E-state index in [9.17, 15) is 4.79 Å². The molecule has 1 fully saturated rings. The molecule has 0 radical (unpaired) electrons. The van der Waals surface area contributed by atoms with E-state index in [0.717, 1.165) is 42.9 Å². The number of piperazine rings is 1. The van der Waals surface area contributed by atoms with E-state index in [1.807, 2.05) is 24.3 Å². The van der Waals surface area contributed by atoms with Crippen molar-refractivity contribution in [2.75, 3.05) is 42.9 Å². The first-order chi connectivity index (χ1) is 11.7. The lowest BCUT2D eigenvalue weighted by Gasteiger charge is -2.33. The van der Waals surface area contributed by atoms with Gasteiger partial charge in [0.2, 0.25) is 5.91 Å². The first kappa shape index (κ1) is 17.0. The van der Waals surface area contributed by atoms with Crippen LogP contribution in [0.4, 0.5) is 11.4 Å². The van der Waals surface area contributed by atoms with E-state index in [4.69, 9.17) is 0 Å². The van der Waals surface area contributed by atoms with E-state index in [2.05, 4.69) is 56.5 Å². The number of para-hydroxylation sites is 1. The number of carbonyl (C=O) groups excluding carboxylic acids is 1. The number of quaternary nitrogens is 1. The smallest absolute Gasteiger partial charge is 0.230 e. The number of hydrogen-bond donors (Lipinski definition) is 2.